The van der Waals surface area contributed by atoms with Crippen LogP contribution in [-0.4, -0.2) is 29.4 Å². The molecule has 0 aliphatic carbocycles. The van der Waals surface area contributed by atoms with Gasteiger partial charge in [0, 0.05) is 29.6 Å². The Morgan fingerprint density at radius 1 is 0.914 bits per heavy atom. The molecule has 0 bridgehead atoms. The van der Waals surface area contributed by atoms with Crippen molar-refractivity contribution in [2.45, 2.75) is 47.6 Å². The molecule has 0 radical (unpaired) electrons. The minimum Gasteiger partial charge on any atom is -0.420 e. The van der Waals surface area contributed by atoms with Gasteiger partial charge in [-0.1, -0.05) is 47.5 Å². The number of anilines is 3. The Morgan fingerprint density at radius 3 is 2.09 bits per heavy atom. The highest BCUT2D eigenvalue weighted by atomic mass is 16.5. The fourth-order valence-electron chi connectivity index (χ4n) is 4.15. The van der Waals surface area contributed by atoms with Gasteiger partial charge in [-0.05, 0) is 89.1 Å². The lowest BCUT2D eigenvalue weighted by molar-refractivity contribution is -0.122. The van der Waals surface area contributed by atoms with Gasteiger partial charge in [0.15, 0.2) is 5.76 Å². The van der Waals surface area contributed by atoms with Crippen molar-refractivity contribution in [3.05, 3.63) is 94.7 Å². The van der Waals surface area contributed by atoms with Gasteiger partial charge >= 0.3 is 6.02 Å². The highest BCUT2D eigenvalue weighted by Crippen LogP contribution is 2.37. The summed E-state index contributed by atoms with van der Waals surface area (Å²) in [6.45, 7) is 12.7. The van der Waals surface area contributed by atoms with Gasteiger partial charge in [0.25, 0.3) is 5.91 Å². The Balaban J connectivity index is 1.69. The van der Waals surface area contributed by atoms with Crippen molar-refractivity contribution in [2.24, 2.45) is 4.99 Å². The molecule has 0 unspecified atom stereocenters. The highest BCUT2D eigenvalue weighted by Gasteiger charge is 2.33. The van der Waals surface area contributed by atoms with Crippen LogP contribution in [0.3, 0.4) is 0 Å². The Kier molecular flexibility index (Phi) is 7.06. The molecular formula is C30H33N3O2. The first-order valence-corrected chi connectivity index (χ1v) is 12.1. The first-order valence-electron chi connectivity index (χ1n) is 12.1. The fraction of sp³-hybridized carbons (Fsp3) is 0.267. The number of carbonyl (C=O) groups excluding carboxylic acids is 1. The van der Waals surface area contributed by atoms with Crippen molar-refractivity contribution < 1.29 is 9.53 Å². The second-order valence-electron chi connectivity index (χ2n) is 9.22. The number of hydrogen-bond donors (Lipinski definition) is 0. The van der Waals surface area contributed by atoms with Crippen LogP contribution in [0.15, 0.2) is 77.5 Å². The molecule has 0 spiro atoms. The lowest BCUT2D eigenvalue weighted by atomic mass is 10.1. The minimum atomic E-state index is -0.160. The van der Waals surface area contributed by atoms with Gasteiger partial charge in [-0.2, -0.15) is 0 Å². The molecule has 1 fully saturated rings. The maximum Gasteiger partial charge on any atom is 0.300 e. The SMILES string of the molecule is CCN1C(=O)/C(=C\c2ccc(N(c3ccc(C)cc3)c3ccc(C)cc3C)cc2)OC1=NC(C)C. The maximum atomic E-state index is 12.8. The summed E-state index contributed by atoms with van der Waals surface area (Å²) in [6, 6.07) is 23.6. The summed E-state index contributed by atoms with van der Waals surface area (Å²) in [5.41, 5.74) is 7.82. The summed E-state index contributed by atoms with van der Waals surface area (Å²) in [7, 11) is 0. The van der Waals surface area contributed by atoms with E-state index in [1.54, 1.807) is 11.0 Å². The molecule has 5 heteroatoms. The lowest BCUT2D eigenvalue weighted by Gasteiger charge is -2.27. The summed E-state index contributed by atoms with van der Waals surface area (Å²) < 4.78 is 5.82. The van der Waals surface area contributed by atoms with Crippen LogP contribution in [0.25, 0.3) is 6.08 Å². The molecule has 180 valence electrons. The maximum absolute atomic E-state index is 12.8. The molecule has 1 heterocycles. The second kappa shape index (κ2) is 10.2. The average Bonchev–Trinajstić information content (AvgIpc) is 3.10. The van der Waals surface area contributed by atoms with E-state index in [9.17, 15) is 4.79 Å². The molecule has 5 nitrogen and oxygen atoms in total. The zero-order chi connectivity index (χ0) is 25.1. The van der Waals surface area contributed by atoms with E-state index in [2.05, 4.69) is 85.3 Å². The van der Waals surface area contributed by atoms with Gasteiger partial charge in [0.1, 0.15) is 0 Å². The van der Waals surface area contributed by atoms with Crippen molar-refractivity contribution >= 4 is 35.1 Å². The van der Waals surface area contributed by atoms with Crippen molar-refractivity contribution in [1.29, 1.82) is 0 Å². The van der Waals surface area contributed by atoms with Crippen LogP contribution in [0.4, 0.5) is 17.1 Å². The number of nitrogens with zero attached hydrogens (tertiary/aromatic N) is 3. The van der Waals surface area contributed by atoms with E-state index in [1.807, 2.05) is 32.9 Å². The predicted molar refractivity (Wildman–Crippen MR) is 144 cm³/mol. The number of ether oxygens (including phenoxy) is 1. The molecule has 4 rings (SSSR count). The molecule has 0 aromatic heterocycles. The summed E-state index contributed by atoms with van der Waals surface area (Å²) in [5, 5.41) is 0. The van der Waals surface area contributed by atoms with E-state index < -0.39 is 0 Å². The predicted octanol–water partition coefficient (Wildman–Crippen LogP) is 7.07. The number of amides is 1. The van der Waals surface area contributed by atoms with Crippen LogP contribution in [0.1, 0.15) is 43.0 Å². The monoisotopic (exact) mass is 467 g/mol. The molecule has 3 aromatic carbocycles. The third-order valence-corrected chi connectivity index (χ3v) is 5.91. The normalized spacial score (nSPS) is 15.9. The Labute approximate surface area is 208 Å². The lowest BCUT2D eigenvalue weighted by Crippen LogP contribution is -2.30. The first kappa shape index (κ1) is 24.3. The molecule has 0 saturated carbocycles. The van der Waals surface area contributed by atoms with E-state index in [0.717, 1.165) is 22.6 Å². The van der Waals surface area contributed by atoms with Gasteiger partial charge in [0.05, 0.1) is 0 Å². The highest BCUT2D eigenvalue weighted by molar-refractivity contribution is 6.11. The van der Waals surface area contributed by atoms with Crippen LogP contribution in [-0.2, 0) is 9.53 Å². The number of aryl methyl sites for hydroxylation is 3. The van der Waals surface area contributed by atoms with E-state index in [1.165, 1.54) is 16.7 Å². The summed E-state index contributed by atoms with van der Waals surface area (Å²) in [4.78, 5) is 21.1. The van der Waals surface area contributed by atoms with Gasteiger partial charge in [-0.3, -0.25) is 9.69 Å². The van der Waals surface area contributed by atoms with Crippen LogP contribution >= 0.6 is 0 Å². The Morgan fingerprint density at radius 2 is 1.51 bits per heavy atom. The first-order chi connectivity index (χ1) is 16.8. The summed E-state index contributed by atoms with van der Waals surface area (Å²) >= 11 is 0. The van der Waals surface area contributed by atoms with Gasteiger partial charge in [0.2, 0.25) is 0 Å². The zero-order valence-corrected chi connectivity index (χ0v) is 21.4. The number of hydrogen-bond acceptors (Lipinski definition) is 4. The molecule has 0 atom stereocenters. The second-order valence-corrected chi connectivity index (χ2v) is 9.22. The number of amidine groups is 1. The zero-order valence-electron chi connectivity index (χ0n) is 21.4. The third kappa shape index (κ3) is 5.29. The summed E-state index contributed by atoms with van der Waals surface area (Å²) in [5.74, 6) is 0.135. The Bertz CT molecular complexity index is 1270. The van der Waals surface area contributed by atoms with E-state index >= 15 is 0 Å². The topological polar surface area (TPSA) is 45.1 Å². The number of likely N-dealkylation sites (N-methyl/N-ethyl adjacent to an activating group) is 1. The number of rotatable bonds is 6. The molecule has 1 aliphatic rings. The van der Waals surface area contributed by atoms with Crippen molar-refractivity contribution in [3.63, 3.8) is 0 Å². The minimum absolute atomic E-state index is 0.0449. The molecule has 3 aromatic rings. The molecule has 1 saturated heterocycles. The standard InChI is InChI=1S/C30H33N3O2/c1-7-32-29(34)28(35-30(32)31-20(2)3)19-24-11-15-26(16-12-24)33(25-13-8-21(4)9-14-25)27-17-10-22(5)18-23(27)6/h8-20H,7H2,1-6H3/b28-19+,31-30?. The van der Waals surface area contributed by atoms with Gasteiger partial charge in [-0.25, -0.2) is 4.99 Å². The Hall–Kier alpha value is -3.86. The van der Waals surface area contributed by atoms with E-state index in [0.29, 0.717) is 18.3 Å². The van der Waals surface area contributed by atoms with Crippen LogP contribution < -0.4 is 4.90 Å². The van der Waals surface area contributed by atoms with Crippen LogP contribution in [0.5, 0.6) is 0 Å². The van der Waals surface area contributed by atoms with Crippen molar-refractivity contribution in [2.75, 3.05) is 11.4 Å². The molecule has 1 amide bonds. The molecule has 35 heavy (non-hydrogen) atoms. The van der Waals surface area contributed by atoms with Gasteiger partial charge < -0.3 is 9.64 Å². The quantitative estimate of drug-likeness (QED) is 0.364. The van der Waals surface area contributed by atoms with E-state index in [4.69, 9.17) is 4.74 Å². The van der Waals surface area contributed by atoms with Crippen LogP contribution in [0.2, 0.25) is 0 Å². The summed E-state index contributed by atoms with van der Waals surface area (Å²) in [6.07, 6.45) is 1.78. The van der Waals surface area contributed by atoms with Crippen molar-refractivity contribution in [3.8, 4) is 0 Å². The number of aliphatic imine (C=N–C) groups is 1. The third-order valence-electron chi connectivity index (χ3n) is 5.91. The largest absolute Gasteiger partial charge is 0.420 e. The number of benzene rings is 3. The number of carbonyl (C=O) groups is 1. The fourth-order valence-corrected chi connectivity index (χ4v) is 4.15. The van der Waals surface area contributed by atoms with Gasteiger partial charge in [-0.15, -0.1) is 0 Å². The molecule has 1 aliphatic heterocycles. The average molecular weight is 468 g/mol. The smallest absolute Gasteiger partial charge is 0.300 e. The molecule has 0 N–H and O–H groups in total. The van der Waals surface area contributed by atoms with Crippen LogP contribution in [0, 0.1) is 20.8 Å². The van der Waals surface area contributed by atoms with E-state index in [-0.39, 0.29) is 11.9 Å². The van der Waals surface area contributed by atoms with Crippen molar-refractivity contribution in [1.82, 2.24) is 4.90 Å². The molecular weight excluding hydrogens is 434 g/mol.